The summed E-state index contributed by atoms with van der Waals surface area (Å²) in [6, 6.07) is 3.62. The molecule has 1 heterocycles. The van der Waals surface area contributed by atoms with Gasteiger partial charge in [-0.2, -0.15) is 13.2 Å². The van der Waals surface area contributed by atoms with Crippen LogP contribution in [0.15, 0.2) is 16.6 Å². The molecule has 1 aliphatic rings. The second kappa shape index (κ2) is 7.19. The van der Waals surface area contributed by atoms with Gasteiger partial charge in [-0.3, -0.25) is 0 Å². The van der Waals surface area contributed by atoms with Gasteiger partial charge >= 0.3 is 6.18 Å². The lowest BCUT2D eigenvalue weighted by Crippen LogP contribution is -2.18. The third-order valence-electron chi connectivity index (χ3n) is 2.78. The van der Waals surface area contributed by atoms with Gasteiger partial charge in [0.1, 0.15) is 19.8 Å². The average molecular weight is 434 g/mol. The Hall–Kier alpha value is -0.470. The van der Waals surface area contributed by atoms with Crippen molar-refractivity contribution in [1.29, 1.82) is 0 Å². The van der Waals surface area contributed by atoms with Crippen LogP contribution in [0.25, 0.3) is 0 Å². The predicted molar refractivity (Wildman–Crippen MR) is 78.3 cm³/mol. The maximum atomic E-state index is 12.0. The van der Waals surface area contributed by atoms with E-state index < -0.39 is 12.8 Å². The third-order valence-corrected chi connectivity index (χ3v) is 4.42. The van der Waals surface area contributed by atoms with Crippen molar-refractivity contribution >= 4 is 31.9 Å². The number of alkyl halides is 4. The van der Waals surface area contributed by atoms with E-state index in [4.69, 9.17) is 9.47 Å². The van der Waals surface area contributed by atoms with Crippen LogP contribution in [0.2, 0.25) is 0 Å². The Kier molecular flexibility index (Phi) is 5.79. The van der Waals surface area contributed by atoms with Gasteiger partial charge in [0, 0.05) is 15.9 Å². The van der Waals surface area contributed by atoms with Gasteiger partial charge in [0.25, 0.3) is 0 Å². The average Bonchev–Trinajstić information content (AvgIpc) is 2.41. The Bertz CT molecular complexity index is 494. The lowest BCUT2D eigenvalue weighted by atomic mass is 10.1. The Morgan fingerprint density at radius 2 is 1.81 bits per heavy atom. The lowest BCUT2D eigenvalue weighted by molar-refractivity contribution is -0.174. The minimum Gasteiger partial charge on any atom is -0.486 e. The molecule has 8 heteroatoms. The van der Waals surface area contributed by atoms with Gasteiger partial charge in [-0.25, -0.2) is 0 Å². The number of rotatable bonds is 5. The molecule has 0 N–H and O–H groups in total. The van der Waals surface area contributed by atoms with E-state index in [1.54, 1.807) is 6.07 Å². The molecule has 1 atom stereocenters. The molecule has 21 heavy (non-hydrogen) atoms. The molecule has 0 amide bonds. The van der Waals surface area contributed by atoms with E-state index in [1.165, 1.54) is 0 Å². The fourth-order valence-electron chi connectivity index (χ4n) is 1.85. The minimum absolute atomic E-state index is 0.0102. The Morgan fingerprint density at radius 1 is 1.19 bits per heavy atom. The van der Waals surface area contributed by atoms with Gasteiger partial charge in [-0.05, 0) is 24.1 Å². The van der Waals surface area contributed by atoms with Crippen molar-refractivity contribution in [3.8, 4) is 11.5 Å². The molecule has 0 radical (unpaired) electrons. The molecule has 0 saturated carbocycles. The van der Waals surface area contributed by atoms with Crippen molar-refractivity contribution in [2.75, 3.05) is 26.4 Å². The molecular weight excluding hydrogens is 421 g/mol. The molecule has 0 aromatic heterocycles. The summed E-state index contributed by atoms with van der Waals surface area (Å²) < 4.78 is 52.3. The van der Waals surface area contributed by atoms with Gasteiger partial charge < -0.3 is 14.2 Å². The molecule has 118 valence electrons. The highest BCUT2D eigenvalue weighted by molar-refractivity contribution is 9.11. The first kappa shape index (κ1) is 16.9. The smallest absolute Gasteiger partial charge is 0.411 e. The minimum atomic E-state index is -4.29. The van der Waals surface area contributed by atoms with E-state index in [9.17, 15) is 13.2 Å². The summed E-state index contributed by atoms with van der Waals surface area (Å²) in [5.74, 6) is 1.30. The number of hydrogen-bond donors (Lipinski definition) is 0. The van der Waals surface area contributed by atoms with Crippen LogP contribution in [0, 0.1) is 0 Å². The molecule has 1 unspecified atom stereocenters. The zero-order chi connectivity index (χ0) is 15.5. The third kappa shape index (κ3) is 5.03. The van der Waals surface area contributed by atoms with Crippen LogP contribution in [-0.2, 0) is 4.74 Å². The highest BCUT2D eigenvalue weighted by atomic mass is 79.9. The van der Waals surface area contributed by atoms with Gasteiger partial charge in [0.15, 0.2) is 11.5 Å². The van der Waals surface area contributed by atoms with Crippen molar-refractivity contribution < 1.29 is 27.4 Å². The van der Waals surface area contributed by atoms with Crippen molar-refractivity contribution in [2.45, 2.75) is 17.4 Å². The number of hydrogen-bond acceptors (Lipinski definition) is 3. The van der Waals surface area contributed by atoms with E-state index in [0.717, 1.165) is 10.0 Å². The number of ether oxygens (including phenoxy) is 3. The zero-order valence-corrected chi connectivity index (χ0v) is 14.1. The molecule has 2 rings (SSSR count). The van der Waals surface area contributed by atoms with Crippen LogP contribution in [0.4, 0.5) is 13.2 Å². The SMILES string of the molecule is FC(F)(F)COCCC(Br)c1cc2c(cc1Br)OCCO2. The van der Waals surface area contributed by atoms with Crippen LogP contribution in [0.5, 0.6) is 11.5 Å². The fourth-order valence-corrected chi connectivity index (χ4v) is 3.32. The van der Waals surface area contributed by atoms with Crippen LogP contribution in [0.3, 0.4) is 0 Å². The predicted octanol–water partition coefficient (Wildman–Crippen LogP) is 4.63. The fraction of sp³-hybridized carbons (Fsp3) is 0.538. The highest BCUT2D eigenvalue weighted by Crippen LogP contribution is 2.41. The first-order chi connectivity index (χ1) is 9.87. The Morgan fingerprint density at radius 3 is 2.43 bits per heavy atom. The molecule has 0 aliphatic carbocycles. The van der Waals surface area contributed by atoms with E-state index in [-0.39, 0.29) is 11.4 Å². The molecule has 0 fully saturated rings. The van der Waals surface area contributed by atoms with Crippen LogP contribution in [-0.4, -0.2) is 32.6 Å². The van der Waals surface area contributed by atoms with Gasteiger partial charge in [0.2, 0.25) is 0 Å². The summed E-state index contributed by atoms with van der Waals surface area (Å²) in [7, 11) is 0. The highest BCUT2D eigenvalue weighted by Gasteiger charge is 2.27. The van der Waals surface area contributed by atoms with Crippen LogP contribution in [0.1, 0.15) is 16.8 Å². The monoisotopic (exact) mass is 432 g/mol. The topological polar surface area (TPSA) is 27.7 Å². The van der Waals surface area contributed by atoms with Crippen molar-refractivity contribution in [3.05, 3.63) is 22.2 Å². The van der Waals surface area contributed by atoms with Crippen molar-refractivity contribution in [3.63, 3.8) is 0 Å². The lowest BCUT2D eigenvalue weighted by Gasteiger charge is -2.21. The Labute approximate surface area is 137 Å². The summed E-state index contributed by atoms with van der Waals surface area (Å²) in [6.45, 7) is -0.233. The molecule has 1 aliphatic heterocycles. The molecule has 0 saturated heterocycles. The molecular formula is C13H13Br2F3O3. The molecule has 1 aromatic rings. The quantitative estimate of drug-likeness (QED) is 0.500. The molecule has 3 nitrogen and oxygen atoms in total. The van der Waals surface area contributed by atoms with Gasteiger partial charge in [-0.15, -0.1) is 0 Å². The number of halogens is 5. The summed E-state index contributed by atoms with van der Waals surface area (Å²) in [5, 5.41) is 0. The molecule has 1 aromatic carbocycles. The first-order valence-corrected chi connectivity index (χ1v) is 7.95. The summed E-state index contributed by atoms with van der Waals surface area (Å²) >= 11 is 6.89. The largest absolute Gasteiger partial charge is 0.486 e. The van der Waals surface area contributed by atoms with E-state index in [2.05, 4.69) is 36.6 Å². The zero-order valence-electron chi connectivity index (χ0n) is 10.9. The summed E-state index contributed by atoms with van der Waals surface area (Å²) in [4.78, 5) is -0.143. The Balaban J connectivity index is 1.94. The van der Waals surface area contributed by atoms with E-state index >= 15 is 0 Å². The second-order valence-electron chi connectivity index (χ2n) is 4.44. The second-order valence-corrected chi connectivity index (χ2v) is 6.40. The maximum absolute atomic E-state index is 12.0. The van der Waals surface area contributed by atoms with Crippen LogP contribution < -0.4 is 9.47 Å². The number of benzene rings is 1. The van der Waals surface area contributed by atoms with Gasteiger partial charge in [-0.1, -0.05) is 31.9 Å². The standard InChI is InChI=1S/C13H13Br2F3O3/c14-9(1-2-19-7-13(16,17)18)8-5-11-12(6-10(8)15)21-4-3-20-11/h5-6,9H,1-4,7H2. The van der Waals surface area contributed by atoms with Crippen LogP contribution >= 0.6 is 31.9 Å². The summed E-state index contributed by atoms with van der Waals surface area (Å²) in [6.07, 6.45) is -3.88. The van der Waals surface area contributed by atoms with Crippen molar-refractivity contribution in [1.82, 2.24) is 0 Å². The number of fused-ring (bicyclic) bond motifs is 1. The van der Waals surface area contributed by atoms with E-state index in [0.29, 0.717) is 31.1 Å². The molecule has 0 bridgehead atoms. The van der Waals surface area contributed by atoms with E-state index in [1.807, 2.05) is 6.07 Å². The molecule has 0 spiro atoms. The first-order valence-electron chi connectivity index (χ1n) is 6.24. The summed E-state index contributed by atoms with van der Waals surface area (Å²) in [5.41, 5.74) is 0.884. The van der Waals surface area contributed by atoms with Gasteiger partial charge in [0.05, 0.1) is 0 Å². The normalized spacial score (nSPS) is 15.9. The maximum Gasteiger partial charge on any atom is 0.411 e. The van der Waals surface area contributed by atoms with Crippen molar-refractivity contribution in [2.24, 2.45) is 0 Å².